The van der Waals surface area contributed by atoms with Crippen molar-refractivity contribution in [1.82, 2.24) is 10.6 Å². The molecule has 0 spiro atoms. The summed E-state index contributed by atoms with van der Waals surface area (Å²) in [6.07, 6.45) is -0.870. The lowest BCUT2D eigenvalue weighted by Crippen LogP contribution is -2.46. The zero-order valence-corrected chi connectivity index (χ0v) is 21.5. The Morgan fingerprint density at radius 2 is 1.63 bits per heavy atom. The Morgan fingerprint density at radius 3 is 2.24 bits per heavy atom. The topological polar surface area (TPSA) is 113 Å². The SMILES string of the molecule is CC(C)(C)OC(=O)NC(=NCCF)NC(=O)c1c(OCc2ccccc2)ccc(C#N)c1-c1ccccc1. The van der Waals surface area contributed by atoms with Gasteiger partial charge in [0.05, 0.1) is 23.7 Å². The number of ether oxygens (including phenoxy) is 2. The number of nitriles is 1. The van der Waals surface area contributed by atoms with Gasteiger partial charge in [0.25, 0.3) is 5.91 Å². The first-order valence-electron chi connectivity index (χ1n) is 11.9. The van der Waals surface area contributed by atoms with Crippen LogP contribution in [-0.2, 0) is 11.3 Å². The molecule has 8 nitrogen and oxygen atoms in total. The van der Waals surface area contributed by atoms with E-state index in [4.69, 9.17) is 9.47 Å². The van der Waals surface area contributed by atoms with E-state index in [1.165, 1.54) is 0 Å². The lowest BCUT2D eigenvalue weighted by atomic mass is 9.93. The molecule has 0 aromatic heterocycles. The van der Waals surface area contributed by atoms with Gasteiger partial charge in [0.1, 0.15) is 24.6 Å². The monoisotopic (exact) mass is 516 g/mol. The minimum Gasteiger partial charge on any atom is -0.488 e. The zero-order valence-electron chi connectivity index (χ0n) is 21.5. The number of hydrogen-bond acceptors (Lipinski definition) is 6. The van der Waals surface area contributed by atoms with Crippen molar-refractivity contribution in [2.45, 2.75) is 33.0 Å². The fraction of sp³-hybridized carbons (Fsp3) is 0.241. The standard InChI is InChI=1S/C29H29FN4O4/c1-29(2,3)38-28(36)34-27(32-17-16-30)33-26(35)25-23(37-19-20-10-6-4-7-11-20)15-14-22(18-31)24(25)21-12-8-5-9-13-21/h4-15H,16-17,19H2,1-3H3,(H2,32,33,34,35,36). The van der Waals surface area contributed by atoms with Crippen LogP contribution in [0.15, 0.2) is 77.8 Å². The second-order valence-electron chi connectivity index (χ2n) is 9.11. The van der Waals surface area contributed by atoms with Crippen molar-refractivity contribution < 1.29 is 23.5 Å². The highest BCUT2D eigenvalue weighted by molar-refractivity contribution is 6.13. The van der Waals surface area contributed by atoms with E-state index >= 15 is 0 Å². The van der Waals surface area contributed by atoms with Crippen LogP contribution < -0.4 is 15.4 Å². The number of hydrogen-bond donors (Lipinski definition) is 2. The maximum Gasteiger partial charge on any atom is 0.414 e. The maximum atomic E-state index is 13.7. The van der Waals surface area contributed by atoms with Gasteiger partial charge in [-0.25, -0.2) is 14.2 Å². The molecule has 0 fully saturated rings. The van der Waals surface area contributed by atoms with Crippen LogP contribution in [0.3, 0.4) is 0 Å². The Kier molecular flexibility index (Phi) is 9.54. The number of carbonyl (C=O) groups is 2. The Bertz CT molecular complexity index is 1330. The van der Waals surface area contributed by atoms with E-state index in [0.29, 0.717) is 11.1 Å². The van der Waals surface area contributed by atoms with Crippen molar-refractivity contribution in [2.24, 2.45) is 4.99 Å². The lowest BCUT2D eigenvalue weighted by Gasteiger charge is -2.21. The number of benzene rings is 3. The Labute approximate surface area is 221 Å². The molecule has 3 aromatic carbocycles. The average Bonchev–Trinajstić information content (AvgIpc) is 2.89. The van der Waals surface area contributed by atoms with Crippen molar-refractivity contribution in [2.75, 3.05) is 13.2 Å². The minimum absolute atomic E-state index is 0.0603. The van der Waals surface area contributed by atoms with Gasteiger partial charge in [-0.05, 0) is 44.0 Å². The van der Waals surface area contributed by atoms with Crippen molar-refractivity contribution >= 4 is 18.0 Å². The van der Waals surface area contributed by atoms with Gasteiger partial charge in [-0.15, -0.1) is 0 Å². The number of guanidine groups is 1. The molecule has 0 bridgehead atoms. The third-order valence-electron chi connectivity index (χ3n) is 5.02. The van der Waals surface area contributed by atoms with Gasteiger partial charge in [0.15, 0.2) is 0 Å². The number of nitrogens with zero attached hydrogens (tertiary/aromatic N) is 2. The van der Waals surface area contributed by atoms with E-state index in [0.717, 1.165) is 5.56 Å². The fourth-order valence-corrected chi connectivity index (χ4v) is 3.50. The molecule has 38 heavy (non-hydrogen) atoms. The summed E-state index contributed by atoms with van der Waals surface area (Å²) >= 11 is 0. The quantitative estimate of drug-likeness (QED) is 0.323. The molecule has 0 radical (unpaired) electrons. The molecule has 0 aliphatic rings. The summed E-state index contributed by atoms with van der Waals surface area (Å²) in [7, 11) is 0. The third kappa shape index (κ3) is 7.90. The van der Waals surface area contributed by atoms with Crippen LogP contribution in [0.2, 0.25) is 0 Å². The number of rotatable bonds is 7. The predicted octanol–water partition coefficient (Wildman–Crippen LogP) is 5.38. The number of alkyl carbamates (subject to hydrolysis) is 1. The molecule has 0 aliphatic heterocycles. The molecule has 2 amide bonds. The van der Waals surface area contributed by atoms with Crippen LogP contribution in [0.25, 0.3) is 11.1 Å². The van der Waals surface area contributed by atoms with E-state index in [1.807, 2.05) is 36.4 Å². The van der Waals surface area contributed by atoms with E-state index < -0.39 is 24.3 Å². The van der Waals surface area contributed by atoms with Crippen molar-refractivity contribution in [1.29, 1.82) is 5.26 Å². The smallest absolute Gasteiger partial charge is 0.414 e. The molecule has 2 N–H and O–H groups in total. The summed E-state index contributed by atoms with van der Waals surface area (Å²) in [5.41, 5.74) is 1.33. The Balaban J connectivity index is 2.04. The highest BCUT2D eigenvalue weighted by atomic mass is 19.1. The van der Waals surface area contributed by atoms with Crippen LogP contribution in [0.1, 0.15) is 42.3 Å². The largest absolute Gasteiger partial charge is 0.488 e. The summed E-state index contributed by atoms with van der Waals surface area (Å²) in [4.78, 5) is 30.0. The van der Waals surface area contributed by atoms with E-state index in [2.05, 4.69) is 21.7 Å². The molecule has 3 aromatic rings. The summed E-state index contributed by atoms with van der Waals surface area (Å²) in [5, 5.41) is 14.7. The third-order valence-corrected chi connectivity index (χ3v) is 5.02. The van der Waals surface area contributed by atoms with E-state index in [9.17, 15) is 19.2 Å². The van der Waals surface area contributed by atoms with Gasteiger partial charge >= 0.3 is 6.09 Å². The first-order valence-corrected chi connectivity index (χ1v) is 11.9. The number of nitrogens with one attached hydrogen (secondary N) is 2. The molecule has 0 saturated carbocycles. The molecule has 0 heterocycles. The maximum absolute atomic E-state index is 13.7. The minimum atomic E-state index is -0.870. The highest BCUT2D eigenvalue weighted by Gasteiger charge is 2.25. The van der Waals surface area contributed by atoms with Gasteiger partial charge in [0.2, 0.25) is 5.96 Å². The lowest BCUT2D eigenvalue weighted by molar-refractivity contribution is 0.0561. The molecule has 9 heteroatoms. The summed E-state index contributed by atoms with van der Waals surface area (Å²) in [5.74, 6) is -0.790. The zero-order chi connectivity index (χ0) is 27.5. The normalized spacial score (nSPS) is 11.3. The van der Waals surface area contributed by atoms with Gasteiger partial charge in [-0.1, -0.05) is 60.7 Å². The van der Waals surface area contributed by atoms with E-state index in [1.54, 1.807) is 57.2 Å². The Hall–Kier alpha value is -4.71. The van der Waals surface area contributed by atoms with Gasteiger partial charge in [-0.2, -0.15) is 5.26 Å². The summed E-state index contributed by atoms with van der Waals surface area (Å²) in [6.45, 7) is 4.10. The molecule has 0 unspecified atom stereocenters. The van der Waals surface area contributed by atoms with Gasteiger partial charge < -0.3 is 9.47 Å². The van der Waals surface area contributed by atoms with Gasteiger partial charge in [0, 0.05) is 5.56 Å². The Morgan fingerprint density at radius 1 is 0.974 bits per heavy atom. The summed E-state index contributed by atoms with van der Waals surface area (Å²) < 4.78 is 24.2. The predicted molar refractivity (Wildman–Crippen MR) is 142 cm³/mol. The molecule has 196 valence electrons. The molecule has 0 atom stereocenters. The number of amides is 2. The molecular weight excluding hydrogens is 487 g/mol. The van der Waals surface area contributed by atoms with Gasteiger partial charge in [-0.3, -0.25) is 15.4 Å². The number of alkyl halides is 1. The average molecular weight is 517 g/mol. The van der Waals surface area contributed by atoms with Crippen LogP contribution in [-0.4, -0.2) is 36.8 Å². The second kappa shape index (κ2) is 13.0. The molecule has 0 saturated heterocycles. The first kappa shape index (κ1) is 27.9. The summed E-state index contributed by atoms with van der Waals surface area (Å²) in [6, 6.07) is 23.6. The van der Waals surface area contributed by atoms with Crippen molar-refractivity contribution in [3.05, 3.63) is 89.5 Å². The molecule has 0 aliphatic carbocycles. The molecular formula is C29H29FN4O4. The van der Waals surface area contributed by atoms with E-state index in [-0.39, 0.29) is 36.0 Å². The van der Waals surface area contributed by atoms with Crippen LogP contribution in [0.4, 0.5) is 9.18 Å². The fourth-order valence-electron chi connectivity index (χ4n) is 3.50. The second-order valence-corrected chi connectivity index (χ2v) is 9.11. The van der Waals surface area contributed by atoms with Crippen molar-refractivity contribution in [3.8, 4) is 22.9 Å². The molecule has 3 rings (SSSR count). The van der Waals surface area contributed by atoms with Crippen molar-refractivity contribution in [3.63, 3.8) is 0 Å². The number of aliphatic imine (C=N–C) groups is 1. The van der Waals surface area contributed by atoms with Crippen LogP contribution in [0.5, 0.6) is 5.75 Å². The first-order chi connectivity index (χ1) is 18.2. The number of halogens is 1. The van der Waals surface area contributed by atoms with Crippen LogP contribution in [0, 0.1) is 11.3 Å². The highest BCUT2D eigenvalue weighted by Crippen LogP contribution is 2.34. The number of carbonyl (C=O) groups excluding carboxylic acids is 2. The van der Waals surface area contributed by atoms with Crippen LogP contribution >= 0.6 is 0 Å².